The molecule has 19 heavy (non-hydrogen) atoms. The van der Waals surface area contributed by atoms with E-state index < -0.39 is 5.41 Å². The van der Waals surface area contributed by atoms with E-state index in [1.807, 2.05) is 39.0 Å². The zero-order chi connectivity index (χ0) is 13.6. The molecule has 3 saturated carbocycles. The van der Waals surface area contributed by atoms with Gasteiger partial charge in [-0.3, -0.25) is 9.59 Å². The van der Waals surface area contributed by atoms with Gasteiger partial charge in [0.1, 0.15) is 11.6 Å². The van der Waals surface area contributed by atoms with Crippen LogP contribution in [0.5, 0.6) is 0 Å². The lowest BCUT2D eigenvalue weighted by atomic mass is 9.70. The van der Waals surface area contributed by atoms with Crippen molar-refractivity contribution in [2.45, 2.75) is 32.6 Å². The average molecular weight is 254 g/mol. The molecule has 2 heteroatoms. The molecule has 0 radical (unpaired) electrons. The SMILES string of the molecule is CC1(C)C(=O)[C@@]2(C)CC(=O)[C@H]3[C@@H]1[C@]32c1ccccc1. The second-order valence-corrected chi connectivity index (χ2v) is 7.22. The van der Waals surface area contributed by atoms with E-state index in [0.717, 1.165) is 0 Å². The minimum atomic E-state index is -0.482. The number of rotatable bonds is 1. The number of carbonyl (C=O) groups is 2. The molecule has 0 bridgehead atoms. The molecule has 0 amide bonds. The van der Waals surface area contributed by atoms with Crippen molar-refractivity contribution in [2.24, 2.45) is 22.7 Å². The van der Waals surface area contributed by atoms with Gasteiger partial charge in [-0.15, -0.1) is 0 Å². The lowest BCUT2D eigenvalue weighted by Crippen LogP contribution is -2.37. The number of hydrogen-bond donors (Lipinski definition) is 0. The lowest BCUT2D eigenvalue weighted by molar-refractivity contribution is -0.134. The Labute approximate surface area is 113 Å². The van der Waals surface area contributed by atoms with Crippen LogP contribution in [0.25, 0.3) is 0 Å². The first-order chi connectivity index (χ1) is 8.88. The van der Waals surface area contributed by atoms with E-state index in [0.29, 0.717) is 12.2 Å². The zero-order valence-electron chi connectivity index (χ0n) is 11.6. The van der Waals surface area contributed by atoms with E-state index in [1.165, 1.54) is 5.56 Å². The standard InChI is InChI=1S/C17H18O2/c1-15(2)13-12-11(18)9-16(3,14(15)19)17(12,13)10-7-5-4-6-8-10/h4-8,12-13H,9H2,1-3H3/t12-,13-,16+,17-/m0/s1. The van der Waals surface area contributed by atoms with E-state index in [1.54, 1.807) is 0 Å². The molecule has 0 aromatic heterocycles. The van der Waals surface area contributed by atoms with Crippen LogP contribution < -0.4 is 0 Å². The van der Waals surface area contributed by atoms with Crippen molar-refractivity contribution in [3.05, 3.63) is 35.9 Å². The second-order valence-electron chi connectivity index (χ2n) is 7.22. The Hall–Kier alpha value is -1.44. The van der Waals surface area contributed by atoms with Gasteiger partial charge >= 0.3 is 0 Å². The van der Waals surface area contributed by atoms with Gasteiger partial charge < -0.3 is 0 Å². The highest BCUT2D eigenvalue weighted by atomic mass is 16.1. The van der Waals surface area contributed by atoms with Crippen LogP contribution in [0.2, 0.25) is 0 Å². The summed E-state index contributed by atoms with van der Waals surface area (Å²) in [5.74, 6) is 0.875. The van der Waals surface area contributed by atoms with Crippen LogP contribution in [0.4, 0.5) is 0 Å². The first kappa shape index (κ1) is 11.4. The number of hydrogen-bond acceptors (Lipinski definition) is 2. The van der Waals surface area contributed by atoms with Crippen molar-refractivity contribution in [1.29, 1.82) is 0 Å². The molecule has 0 spiro atoms. The third kappa shape index (κ3) is 0.897. The first-order valence-electron chi connectivity index (χ1n) is 7.01. The van der Waals surface area contributed by atoms with Gasteiger partial charge in [-0.25, -0.2) is 0 Å². The third-order valence-corrected chi connectivity index (χ3v) is 6.11. The van der Waals surface area contributed by atoms with Crippen molar-refractivity contribution in [3.8, 4) is 0 Å². The average Bonchev–Trinajstić information content (AvgIpc) is 3.03. The molecular weight excluding hydrogens is 236 g/mol. The van der Waals surface area contributed by atoms with Gasteiger partial charge in [-0.2, -0.15) is 0 Å². The molecule has 0 aliphatic heterocycles. The van der Waals surface area contributed by atoms with Crippen LogP contribution in [0, 0.1) is 22.7 Å². The van der Waals surface area contributed by atoms with Crippen molar-refractivity contribution < 1.29 is 9.59 Å². The molecule has 2 nitrogen and oxygen atoms in total. The summed E-state index contributed by atoms with van der Waals surface area (Å²) in [6.07, 6.45) is 0.436. The zero-order valence-corrected chi connectivity index (χ0v) is 11.6. The van der Waals surface area contributed by atoms with Crippen LogP contribution in [0.3, 0.4) is 0 Å². The van der Waals surface area contributed by atoms with Crippen LogP contribution in [-0.2, 0) is 15.0 Å². The van der Waals surface area contributed by atoms with Gasteiger partial charge in [0.25, 0.3) is 0 Å². The molecule has 1 aromatic rings. The molecule has 3 fully saturated rings. The fourth-order valence-electron chi connectivity index (χ4n) is 5.62. The summed E-state index contributed by atoms with van der Waals surface area (Å²) in [4.78, 5) is 25.2. The number of benzene rings is 1. The predicted molar refractivity (Wildman–Crippen MR) is 71.6 cm³/mol. The summed E-state index contributed by atoms with van der Waals surface area (Å²) < 4.78 is 0. The van der Waals surface area contributed by atoms with E-state index in [9.17, 15) is 9.59 Å². The van der Waals surface area contributed by atoms with Crippen molar-refractivity contribution in [3.63, 3.8) is 0 Å². The van der Waals surface area contributed by atoms with Gasteiger partial charge in [0.2, 0.25) is 0 Å². The Kier molecular flexibility index (Phi) is 1.70. The summed E-state index contributed by atoms with van der Waals surface area (Å²) in [5, 5.41) is 0. The van der Waals surface area contributed by atoms with Crippen LogP contribution in [0.15, 0.2) is 30.3 Å². The molecule has 0 N–H and O–H groups in total. The molecule has 3 aliphatic rings. The Morgan fingerprint density at radius 2 is 1.68 bits per heavy atom. The maximum atomic E-state index is 12.8. The minimum Gasteiger partial charge on any atom is -0.299 e. The maximum absolute atomic E-state index is 12.8. The smallest absolute Gasteiger partial charge is 0.146 e. The van der Waals surface area contributed by atoms with Gasteiger partial charge in [0, 0.05) is 28.6 Å². The van der Waals surface area contributed by atoms with Gasteiger partial charge in [-0.05, 0) is 11.5 Å². The van der Waals surface area contributed by atoms with Crippen molar-refractivity contribution >= 4 is 11.6 Å². The Morgan fingerprint density at radius 3 is 2.26 bits per heavy atom. The lowest BCUT2D eigenvalue weighted by Gasteiger charge is -2.30. The Balaban J connectivity index is 2.01. The monoisotopic (exact) mass is 254 g/mol. The van der Waals surface area contributed by atoms with E-state index in [4.69, 9.17) is 0 Å². The Morgan fingerprint density at radius 1 is 1.05 bits per heavy atom. The molecule has 3 aliphatic carbocycles. The summed E-state index contributed by atoms with van der Waals surface area (Å²) in [6.45, 7) is 6.08. The predicted octanol–water partition coefficient (Wildman–Crippen LogP) is 2.76. The minimum absolute atomic E-state index is 0.0765. The van der Waals surface area contributed by atoms with Crippen molar-refractivity contribution in [1.82, 2.24) is 0 Å². The molecule has 4 rings (SSSR count). The highest BCUT2D eigenvalue weighted by molar-refractivity contribution is 6.09. The summed E-state index contributed by atoms with van der Waals surface area (Å²) in [7, 11) is 0. The maximum Gasteiger partial charge on any atom is 0.146 e. The first-order valence-corrected chi connectivity index (χ1v) is 7.01. The topological polar surface area (TPSA) is 34.1 Å². The summed E-state index contributed by atoms with van der Waals surface area (Å²) in [5.41, 5.74) is 0.148. The molecular formula is C17H18O2. The van der Waals surface area contributed by atoms with Crippen LogP contribution >= 0.6 is 0 Å². The molecule has 4 atom stereocenters. The molecule has 0 saturated heterocycles. The highest BCUT2D eigenvalue weighted by Gasteiger charge is 2.90. The summed E-state index contributed by atoms with van der Waals surface area (Å²) in [6, 6.07) is 10.2. The number of fused-ring (bicyclic) bond motifs is 1. The normalized spacial score (nSPS) is 45.4. The quantitative estimate of drug-likeness (QED) is 0.772. The van der Waals surface area contributed by atoms with E-state index in [2.05, 4.69) is 12.1 Å². The molecule has 0 unspecified atom stereocenters. The Bertz CT molecular complexity index is 615. The number of carbonyl (C=O) groups excluding carboxylic acids is 2. The van der Waals surface area contributed by atoms with Gasteiger partial charge in [-0.1, -0.05) is 51.1 Å². The third-order valence-electron chi connectivity index (χ3n) is 6.11. The fraction of sp³-hybridized carbons (Fsp3) is 0.529. The van der Waals surface area contributed by atoms with Crippen molar-refractivity contribution in [2.75, 3.05) is 0 Å². The second kappa shape index (κ2) is 2.84. The molecule has 0 heterocycles. The van der Waals surface area contributed by atoms with Crippen LogP contribution in [-0.4, -0.2) is 11.6 Å². The highest BCUT2D eigenvalue weighted by Crippen LogP contribution is 2.84. The van der Waals surface area contributed by atoms with E-state index >= 15 is 0 Å². The number of Topliss-reactive ketones (excluding diaryl/α,β-unsaturated/α-hetero) is 2. The van der Waals surface area contributed by atoms with Gasteiger partial charge in [0.05, 0.1) is 0 Å². The van der Waals surface area contributed by atoms with Gasteiger partial charge in [0.15, 0.2) is 0 Å². The van der Waals surface area contributed by atoms with E-state index in [-0.39, 0.29) is 28.4 Å². The number of ketones is 2. The summed E-state index contributed by atoms with van der Waals surface area (Å²) >= 11 is 0. The molecule has 1 aromatic carbocycles. The fourth-order valence-corrected chi connectivity index (χ4v) is 5.62. The van der Waals surface area contributed by atoms with Crippen LogP contribution in [0.1, 0.15) is 32.8 Å². The largest absolute Gasteiger partial charge is 0.299 e. The molecule has 98 valence electrons.